The van der Waals surface area contributed by atoms with E-state index in [0.29, 0.717) is 17.0 Å². The van der Waals surface area contributed by atoms with Crippen LogP contribution in [0.2, 0.25) is 0 Å². The van der Waals surface area contributed by atoms with Gasteiger partial charge in [-0.2, -0.15) is 0 Å². The van der Waals surface area contributed by atoms with E-state index in [1.54, 1.807) is 31.4 Å². The Bertz CT molecular complexity index is 1750. The van der Waals surface area contributed by atoms with Crippen LogP contribution < -0.4 is 4.74 Å². The predicted molar refractivity (Wildman–Crippen MR) is 157 cm³/mol. The van der Waals surface area contributed by atoms with Gasteiger partial charge in [0.15, 0.2) is 11.6 Å². The molecule has 7 heteroatoms. The molecule has 0 radical (unpaired) electrons. The van der Waals surface area contributed by atoms with Crippen LogP contribution in [0.3, 0.4) is 0 Å². The Morgan fingerprint density at radius 2 is 1.49 bits per heavy atom. The molecule has 41 heavy (non-hydrogen) atoms. The highest BCUT2D eigenvalue weighted by molar-refractivity contribution is 6.15. The Balaban J connectivity index is 1.29. The number of benzene rings is 4. The zero-order valence-corrected chi connectivity index (χ0v) is 22.8. The summed E-state index contributed by atoms with van der Waals surface area (Å²) in [5.41, 5.74) is 5.64. The molecule has 1 aliphatic heterocycles. The monoisotopic (exact) mass is 540 g/mol. The molecule has 1 atom stereocenters. The molecular weight excluding hydrogens is 512 g/mol. The summed E-state index contributed by atoms with van der Waals surface area (Å²) in [6.45, 7) is 1.91. The van der Waals surface area contributed by atoms with Gasteiger partial charge in [-0.25, -0.2) is 0 Å². The number of aliphatic imine (C=N–C) groups is 1. The van der Waals surface area contributed by atoms with Gasteiger partial charge in [-0.05, 0) is 42.8 Å². The van der Waals surface area contributed by atoms with Crippen LogP contribution in [-0.2, 0) is 11.2 Å². The minimum atomic E-state index is -0.521. The second kappa shape index (κ2) is 11.1. The van der Waals surface area contributed by atoms with Crippen molar-refractivity contribution in [2.75, 3.05) is 7.11 Å². The third kappa shape index (κ3) is 5.22. The Labute approximate surface area is 238 Å². The summed E-state index contributed by atoms with van der Waals surface area (Å²) in [5.74, 6) is 2.10. The van der Waals surface area contributed by atoms with Gasteiger partial charge >= 0.3 is 0 Å². The van der Waals surface area contributed by atoms with E-state index in [1.807, 2.05) is 90.4 Å². The van der Waals surface area contributed by atoms with Crippen molar-refractivity contribution in [3.05, 3.63) is 143 Å². The molecule has 0 amide bonds. The standard InChI is InChI=1S/C34H28N4O3/c1-22-36-37-34-30(21-27(39)20-23-12-14-26(15-13-23)33(40)25-8-4-3-5-9-25)35-32(24-16-18-28(41-2)19-17-24)29-10-6-7-11-31(29)38(22)34/h3-19,30H,20-21H2,1-2H3. The average Bonchev–Trinajstić information content (AvgIpc) is 3.34. The molecule has 0 N–H and O–H groups in total. The second-order valence-corrected chi connectivity index (χ2v) is 9.99. The van der Waals surface area contributed by atoms with Crippen LogP contribution in [-0.4, -0.2) is 39.2 Å². The van der Waals surface area contributed by atoms with Gasteiger partial charge in [0.1, 0.15) is 23.4 Å². The fraction of sp³-hybridized carbons (Fsp3) is 0.147. The lowest BCUT2D eigenvalue weighted by molar-refractivity contribution is -0.118. The third-order valence-electron chi connectivity index (χ3n) is 7.27. The van der Waals surface area contributed by atoms with Crippen molar-refractivity contribution in [3.8, 4) is 11.4 Å². The number of para-hydroxylation sites is 1. The molecule has 0 aliphatic carbocycles. The quantitative estimate of drug-likeness (QED) is 0.229. The van der Waals surface area contributed by atoms with Gasteiger partial charge in [0.25, 0.3) is 0 Å². The van der Waals surface area contributed by atoms with E-state index in [9.17, 15) is 9.59 Å². The van der Waals surface area contributed by atoms with Crippen molar-refractivity contribution in [2.24, 2.45) is 4.99 Å². The Kier molecular flexibility index (Phi) is 7.08. The Hall–Kier alpha value is -5.17. The van der Waals surface area contributed by atoms with Crippen LogP contribution in [0.15, 0.2) is 108 Å². The molecule has 2 heterocycles. The first kappa shape index (κ1) is 26.1. The highest BCUT2D eigenvalue weighted by Crippen LogP contribution is 2.33. The van der Waals surface area contributed by atoms with Gasteiger partial charge < -0.3 is 4.74 Å². The lowest BCUT2D eigenvalue weighted by atomic mass is 9.98. The molecule has 202 valence electrons. The zero-order chi connectivity index (χ0) is 28.3. The minimum absolute atomic E-state index is 0.0214. The summed E-state index contributed by atoms with van der Waals surface area (Å²) in [6, 6.07) is 31.7. The van der Waals surface area contributed by atoms with E-state index in [4.69, 9.17) is 9.73 Å². The molecular formula is C34H28N4O3. The number of ketones is 2. The first-order chi connectivity index (χ1) is 20.0. The highest BCUT2D eigenvalue weighted by atomic mass is 16.5. The molecule has 5 aromatic rings. The van der Waals surface area contributed by atoms with Crippen LogP contribution in [0.1, 0.15) is 56.7 Å². The van der Waals surface area contributed by atoms with E-state index in [1.165, 1.54) is 0 Å². The van der Waals surface area contributed by atoms with E-state index in [2.05, 4.69) is 10.2 Å². The lowest BCUT2D eigenvalue weighted by Crippen LogP contribution is -2.13. The van der Waals surface area contributed by atoms with Crippen molar-refractivity contribution in [1.29, 1.82) is 0 Å². The van der Waals surface area contributed by atoms with Gasteiger partial charge in [0.05, 0.1) is 18.5 Å². The van der Waals surface area contributed by atoms with E-state index >= 15 is 0 Å². The molecule has 0 bridgehead atoms. The number of carbonyl (C=O) groups is 2. The number of aryl methyl sites for hydroxylation is 1. The number of rotatable bonds is 8. The topological polar surface area (TPSA) is 86.4 Å². The van der Waals surface area contributed by atoms with Gasteiger partial charge in [-0.1, -0.05) is 72.8 Å². The predicted octanol–water partition coefficient (Wildman–Crippen LogP) is 5.91. The van der Waals surface area contributed by atoms with Gasteiger partial charge in [0.2, 0.25) is 0 Å². The first-order valence-corrected chi connectivity index (χ1v) is 13.5. The summed E-state index contributed by atoms with van der Waals surface area (Å²) < 4.78 is 7.35. The van der Waals surface area contributed by atoms with Crippen molar-refractivity contribution in [1.82, 2.24) is 14.8 Å². The number of ether oxygens (including phenoxy) is 1. The summed E-state index contributed by atoms with van der Waals surface area (Å²) in [7, 11) is 1.64. The molecule has 1 aromatic heterocycles. The number of hydrogen-bond donors (Lipinski definition) is 0. The van der Waals surface area contributed by atoms with Crippen molar-refractivity contribution in [3.63, 3.8) is 0 Å². The highest BCUT2D eigenvalue weighted by Gasteiger charge is 2.29. The maximum absolute atomic E-state index is 13.4. The molecule has 4 aromatic carbocycles. The zero-order valence-electron chi connectivity index (χ0n) is 22.8. The van der Waals surface area contributed by atoms with Gasteiger partial charge in [-0.15, -0.1) is 10.2 Å². The normalized spacial score (nSPS) is 13.9. The smallest absolute Gasteiger partial charge is 0.193 e. The lowest BCUT2D eigenvalue weighted by Gasteiger charge is -2.12. The summed E-state index contributed by atoms with van der Waals surface area (Å²) in [4.78, 5) is 31.3. The Morgan fingerprint density at radius 3 is 2.22 bits per heavy atom. The van der Waals surface area contributed by atoms with Crippen LogP contribution in [0.5, 0.6) is 5.75 Å². The van der Waals surface area contributed by atoms with E-state index < -0.39 is 6.04 Å². The largest absolute Gasteiger partial charge is 0.497 e. The van der Waals surface area contributed by atoms with Crippen molar-refractivity contribution in [2.45, 2.75) is 25.8 Å². The third-order valence-corrected chi connectivity index (χ3v) is 7.27. The van der Waals surface area contributed by atoms with Crippen LogP contribution in [0, 0.1) is 6.92 Å². The number of Topliss-reactive ketones (excluding diaryl/α,β-unsaturated/α-hetero) is 1. The fourth-order valence-electron chi connectivity index (χ4n) is 5.21. The van der Waals surface area contributed by atoms with E-state index in [0.717, 1.165) is 39.7 Å². The first-order valence-electron chi connectivity index (χ1n) is 13.5. The van der Waals surface area contributed by atoms with Gasteiger partial charge in [0, 0.05) is 35.1 Å². The molecule has 1 aliphatic rings. The minimum Gasteiger partial charge on any atom is -0.497 e. The number of aromatic nitrogens is 3. The molecule has 0 saturated heterocycles. The molecule has 1 unspecified atom stereocenters. The van der Waals surface area contributed by atoms with Crippen molar-refractivity contribution < 1.29 is 14.3 Å². The summed E-state index contributed by atoms with van der Waals surface area (Å²) in [6.07, 6.45) is 0.389. The molecule has 0 saturated carbocycles. The maximum Gasteiger partial charge on any atom is 0.193 e. The number of carbonyl (C=O) groups excluding carboxylic acids is 2. The van der Waals surface area contributed by atoms with Crippen molar-refractivity contribution >= 4 is 17.3 Å². The Morgan fingerprint density at radius 1 is 0.805 bits per heavy atom. The number of methoxy groups -OCH3 is 1. The summed E-state index contributed by atoms with van der Waals surface area (Å²) >= 11 is 0. The second-order valence-electron chi connectivity index (χ2n) is 9.99. The van der Waals surface area contributed by atoms with Crippen LogP contribution in [0.25, 0.3) is 5.69 Å². The van der Waals surface area contributed by atoms with Gasteiger partial charge in [-0.3, -0.25) is 19.1 Å². The SMILES string of the molecule is COc1ccc(C2=NC(CC(=O)Cc3ccc(C(=O)c4ccccc4)cc3)c3nnc(C)n3-c3ccccc32)cc1. The van der Waals surface area contributed by atoms with E-state index in [-0.39, 0.29) is 24.4 Å². The number of hydrogen-bond acceptors (Lipinski definition) is 6. The maximum atomic E-state index is 13.4. The number of nitrogens with zero attached hydrogens (tertiary/aromatic N) is 4. The number of fused-ring (bicyclic) bond motifs is 3. The molecule has 7 nitrogen and oxygen atoms in total. The molecule has 0 spiro atoms. The average molecular weight is 541 g/mol. The molecule has 6 rings (SSSR count). The van der Waals surface area contributed by atoms with Crippen LogP contribution >= 0.6 is 0 Å². The summed E-state index contributed by atoms with van der Waals surface area (Å²) in [5, 5.41) is 8.80. The fourth-order valence-corrected chi connectivity index (χ4v) is 5.21. The molecule has 0 fully saturated rings. The van der Waals surface area contributed by atoms with Crippen LogP contribution in [0.4, 0.5) is 0 Å².